The van der Waals surface area contributed by atoms with E-state index in [1.54, 1.807) is 6.20 Å². The number of sulfonamides is 1. The number of rotatable bonds is 5. The molecule has 0 amide bonds. The Morgan fingerprint density at radius 1 is 1.00 bits per heavy atom. The second-order valence-electron chi connectivity index (χ2n) is 8.00. The van der Waals surface area contributed by atoms with Crippen molar-refractivity contribution in [2.24, 2.45) is 0 Å². The van der Waals surface area contributed by atoms with Crippen molar-refractivity contribution in [3.8, 4) is 11.3 Å². The third kappa shape index (κ3) is 4.57. The van der Waals surface area contributed by atoms with Gasteiger partial charge in [-0.25, -0.2) is 12.8 Å². The molecule has 0 atom stereocenters. The highest BCUT2D eigenvalue weighted by atomic mass is 32.2. The Morgan fingerprint density at radius 3 is 2.54 bits per heavy atom. The number of nitrogens with zero attached hydrogens (tertiary/aromatic N) is 2. The largest absolute Gasteiger partial charge is 0.301 e. The van der Waals surface area contributed by atoms with Crippen LogP contribution in [0.5, 0.6) is 0 Å². The molecule has 0 spiro atoms. The highest BCUT2D eigenvalue weighted by Gasteiger charge is 2.26. The zero-order chi connectivity index (χ0) is 24.6. The normalized spacial score (nSPS) is 15.7. The lowest BCUT2D eigenvalue weighted by atomic mass is 10.0. The number of fused-ring (bicyclic) bond motifs is 1. The maximum Gasteiger partial charge on any atom is 0.301 e. The van der Waals surface area contributed by atoms with E-state index in [0.29, 0.717) is 30.9 Å². The van der Waals surface area contributed by atoms with Crippen molar-refractivity contribution in [1.29, 1.82) is 0 Å². The fraction of sp³-hybridized carbons (Fsp3) is 0.125. The quantitative estimate of drug-likeness (QED) is 0.422. The summed E-state index contributed by atoms with van der Waals surface area (Å²) in [6.07, 6.45) is 2.22. The first-order valence-electron chi connectivity index (χ1n) is 10.8. The van der Waals surface area contributed by atoms with Crippen molar-refractivity contribution >= 4 is 42.4 Å². The zero-order valence-corrected chi connectivity index (χ0v) is 20.0. The first kappa shape index (κ1) is 23.2. The van der Waals surface area contributed by atoms with Gasteiger partial charge in [0.25, 0.3) is 10.0 Å². The van der Waals surface area contributed by atoms with Crippen LogP contribution in [0.1, 0.15) is 6.42 Å². The van der Waals surface area contributed by atoms with Gasteiger partial charge in [0.2, 0.25) is 0 Å². The van der Waals surface area contributed by atoms with E-state index < -0.39 is 26.0 Å². The molecule has 2 heterocycles. The molecule has 4 aromatic rings. The predicted molar refractivity (Wildman–Crippen MR) is 133 cm³/mol. The molecule has 180 valence electrons. The van der Waals surface area contributed by atoms with Crippen molar-refractivity contribution < 1.29 is 21.2 Å². The molecule has 0 bridgehead atoms. The van der Waals surface area contributed by atoms with E-state index in [2.05, 4.69) is 14.4 Å². The van der Waals surface area contributed by atoms with E-state index in [9.17, 15) is 21.2 Å². The summed E-state index contributed by atoms with van der Waals surface area (Å²) in [5.74, 6) is -0.530. The second-order valence-corrected chi connectivity index (χ2v) is 11.4. The van der Waals surface area contributed by atoms with Gasteiger partial charge < -0.3 is 0 Å². The van der Waals surface area contributed by atoms with Gasteiger partial charge in [-0.05, 0) is 60.3 Å². The van der Waals surface area contributed by atoms with Gasteiger partial charge in [-0.3, -0.25) is 14.0 Å². The minimum absolute atomic E-state index is 0.0576. The molecule has 1 aromatic heterocycles. The number of benzene rings is 3. The van der Waals surface area contributed by atoms with Gasteiger partial charge in [0, 0.05) is 35.9 Å². The fourth-order valence-electron chi connectivity index (χ4n) is 4.00. The Morgan fingerprint density at radius 2 is 1.77 bits per heavy atom. The van der Waals surface area contributed by atoms with Gasteiger partial charge in [-0.15, -0.1) is 0 Å². The highest BCUT2D eigenvalue weighted by Crippen LogP contribution is 2.31. The van der Waals surface area contributed by atoms with Crippen molar-refractivity contribution in [3.63, 3.8) is 0 Å². The SMILES string of the molecule is O=S(=O)(Nc1ccc(F)c(-c2nccc3ccccc23)c1)c1ccc(N2CCCNS2(=O)=O)cc1. The summed E-state index contributed by atoms with van der Waals surface area (Å²) in [6.45, 7) is 0.670. The van der Waals surface area contributed by atoms with Crippen molar-refractivity contribution in [2.75, 3.05) is 22.1 Å². The van der Waals surface area contributed by atoms with Crippen LogP contribution in [0.2, 0.25) is 0 Å². The molecule has 5 rings (SSSR count). The fourth-order valence-corrected chi connectivity index (χ4v) is 6.38. The highest BCUT2D eigenvalue weighted by molar-refractivity contribution is 7.92. The Kier molecular flexibility index (Phi) is 5.91. The summed E-state index contributed by atoms with van der Waals surface area (Å²) in [5.41, 5.74) is 1.10. The molecule has 1 aliphatic rings. The van der Waals surface area contributed by atoms with E-state index >= 15 is 0 Å². The van der Waals surface area contributed by atoms with Crippen LogP contribution in [0.4, 0.5) is 15.8 Å². The first-order valence-corrected chi connectivity index (χ1v) is 13.7. The van der Waals surface area contributed by atoms with Gasteiger partial charge in [-0.2, -0.15) is 13.1 Å². The lowest BCUT2D eigenvalue weighted by Gasteiger charge is -2.28. The number of anilines is 2. The molecule has 2 N–H and O–H groups in total. The molecular formula is C24H21FN4O4S2. The third-order valence-corrected chi connectivity index (χ3v) is 8.63. The summed E-state index contributed by atoms with van der Waals surface area (Å²) in [4.78, 5) is 4.27. The zero-order valence-electron chi connectivity index (χ0n) is 18.3. The van der Waals surface area contributed by atoms with E-state index in [0.717, 1.165) is 10.8 Å². The summed E-state index contributed by atoms with van der Waals surface area (Å²) in [7, 11) is -7.67. The van der Waals surface area contributed by atoms with Crippen molar-refractivity contribution in [1.82, 2.24) is 9.71 Å². The van der Waals surface area contributed by atoms with Gasteiger partial charge in [-0.1, -0.05) is 24.3 Å². The van der Waals surface area contributed by atoms with Crippen LogP contribution in [0, 0.1) is 5.82 Å². The predicted octanol–water partition coefficient (Wildman–Crippen LogP) is 3.89. The standard InChI is InChI=1S/C24H21FN4O4S2/c25-23-11-6-18(16-22(23)24-21-5-2-1-4-17(21)12-14-26-24)28-34(30,31)20-9-7-19(8-10-20)29-15-3-13-27-35(29,32)33/h1-2,4-12,14,16,27-28H,3,13,15H2. The van der Waals surface area contributed by atoms with Gasteiger partial charge in [0.05, 0.1) is 16.3 Å². The minimum atomic E-state index is -4.02. The Bertz CT molecular complexity index is 1620. The smallest absolute Gasteiger partial charge is 0.280 e. The molecule has 0 unspecified atom stereocenters. The maximum atomic E-state index is 14.7. The number of hydrogen-bond donors (Lipinski definition) is 2. The topological polar surface area (TPSA) is 108 Å². The van der Waals surface area contributed by atoms with E-state index in [4.69, 9.17) is 0 Å². The van der Waals surface area contributed by atoms with Crippen LogP contribution in [0.3, 0.4) is 0 Å². The van der Waals surface area contributed by atoms with Crippen molar-refractivity contribution in [2.45, 2.75) is 11.3 Å². The van der Waals surface area contributed by atoms with Crippen LogP contribution >= 0.6 is 0 Å². The van der Waals surface area contributed by atoms with Gasteiger partial charge >= 0.3 is 10.2 Å². The average molecular weight is 513 g/mol. The first-order chi connectivity index (χ1) is 16.7. The summed E-state index contributed by atoms with van der Waals surface area (Å²) in [5, 5.41) is 1.63. The molecule has 1 aliphatic heterocycles. The lowest BCUT2D eigenvalue weighted by molar-refractivity contribution is 0.560. The van der Waals surface area contributed by atoms with E-state index in [1.165, 1.54) is 46.8 Å². The second kappa shape index (κ2) is 8.91. The van der Waals surface area contributed by atoms with Crippen molar-refractivity contribution in [3.05, 3.63) is 84.8 Å². The maximum absolute atomic E-state index is 14.7. The number of hydrogen-bond acceptors (Lipinski definition) is 5. The molecule has 11 heteroatoms. The van der Waals surface area contributed by atoms with Gasteiger partial charge in [0.15, 0.2) is 0 Å². The molecule has 0 radical (unpaired) electrons. The van der Waals surface area contributed by atoms with Crippen LogP contribution in [0.15, 0.2) is 83.9 Å². The van der Waals surface area contributed by atoms with E-state index in [1.807, 2.05) is 30.3 Å². The number of aromatic nitrogens is 1. The number of halogens is 1. The summed E-state index contributed by atoms with van der Waals surface area (Å²) >= 11 is 0. The molecule has 1 saturated heterocycles. The Balaban J connectivity index is 1.44. The molecule has 8 nitrogen and oxygen atoms in total. The van der Waals surface area contributed by atoms with Crippen LogP contribution in [-0.2, 0) is 20.2 Å². The molecule has 1 fully saturated rings. The van der Waals surface area contributed by atoms with Crippen LogP contribution in [-0.4, -0.2) is 34.9 Å². The van der Waals surface area contributed by atoms with Crippen LogP contribution < -0.4 is 13.7 Å². The molecule has 3 aromatic carbocycles. The monoisotopic (exact) mass is 512 g/mol. The van der Waals surface area contributed by atoms with Crippen LogP contribution in [0.25, 0.3) is 22.0 Å². The average Bonchev–Trinajstić information content (AvgIpc) is 2.85. The minimum Gasteiger partial charge on any atom is -0.280 e. The Labute approximate surface area is 202 Å². The van der Waals surface area contributed by atoms with Gasteiger partial charge in [0.1, 0.15) is 5.82 Å². The number of pyridine rings is 1. The summed E-state index contributed by atoms with van der Waals surface area (Å²) in [6, 6.07) is 18.7. The van der Waals surface area contributed by atoms with E-state index in [-0.39, 0.29) is 16.1 Å². The Hall–Kier alpha value is -3.54. The number of nitrogens with one attached hydrogen (secondary N) is 2. The molecule has 35 heavy (non-hydrogen) atoms. The molecule has 0 saturated carbocycles. The summed E-state index contributed by atoms with van der Waals surface area (Å²) < 4.78 is 71.3. The lowest BCUT2D eigenvalue weighted by Crippen LogP contribution is -2.47. The third-order valence-electron chi connectivity index (χ3n) is 5.69. The molecule has 0 aliphatic carbocycles. The molecular weight excluding hydrogens is 491 g/mol.